The summed E-state index contributed by atoms with van der Waals surface area (Å²) in [4.78, 5) is 1.49. The van der Waals surface area contributed by atoms with Crippen molar-refractivity contribution < 1.29 is 4.57 Å². The van der Waals surface area contributed by atoms with Gasteiger partial charge in [-0.1, -0.05) is 32.0 Å². The van der Waals surface area contributed by atoms with Crippen molar-refractivity contribution in [2.75, 3.05) is 0 Å². The molecular formula is C20H22NS+. The molecular weight excluding hydrogens is 286 g/mol. The molecule has 4 rings (SSSR count). The predicted molar refractivity (Wildman–Crippen MR) is 94.4 cm³/mol. The number of fused-ring (bicyclic) bond motifs is 5. The standard InChI is InChI=1S/C20H22NS/c1-3-9-16-14(4-2)19-15-10-5-6-12-18(15)22-20(19)17-11-7-8-13-21(16)17/h5-8,10-14,16H,3-4,9H2,1-2H3/q+1. The fraction of sp³-hybridized carbons (Fsp3) is 0.350. The van der Waals surface area contributed by atoms with Crippen molar-refractivity contribution in [3.05, 3.63) is 54.2 Å². The Hall–Kier alpha value is -1.67. The van der Waals surface area contributed by atoms with E-state index in [1.807, 2.05) is 11.3 Å². The molecule has 0 amide bonds. The van der Waals surface area contributed by atoms with Crippen LogP contribution >= 0.6 is 11.3 Å². The monoisotopic (exact) mass is 308 g/mol. The summed E-state index contributed by atoms with van der Waals surface area (Å²) >= 11 is 1.96. The van der Waals surface area contributed by atoms with E-state index in [2.05, 4.69) is 67.1 Å². The van der Waals surface area contributed by atoms with Gasteiger partial charge in [-0.2, -0.15) is 4.57 Å². The van der Waals surface area contributed by atoms with Crippen LogP contribution in [0.2, 0.25) is 0 Å². The molecule has 0 bridgehead atoms. The van der Waals surface area contributed by atoms with Crippen LogP contribution in [0.3, 0.4) is 0 Å². The molecule has 1 aliphatic heterocycles. The number of thiophene rings is 1. The second kappa shape index (κ2) is 5.51. The van der Waals surface area contributed by atoms with Crippen molar-refractivity contribution in [3.63, 3.8) is 0 Å². The number of rotatable bonds is 3. The molecule has 0 saturated carbocycles. The van der Waals surface area contributed by atoms with E-state index in [-0.39, 0.29) is 0 Å². The SMILES string of the molecule is CCCC1C(CC)c2c(sc3ccccc23)-c2cccc[n+]21. The quantitative estimate of drug-likeness (QED) is 0.546. The zero-order chi connectivity index (χ0) is 15.1. The van der Waals surface area contributed by atoms with Crippen LogP contribution in [0, 0.1) is 0 Å². The summed E-state index contributed by atoms with van der Waals surface area (Å²) < 4.78 is 3.97. The molecule has 2 atom stereocenters. The molecule has 112 valence electrons. The van der Waals surface area contributed by atoms with Gasteiger partial charge in [-0.3, -0.25) is 0 Å². The summed E-state index contributed by atoms with van der Waals surface area (Å²) in [7, 11) is 0. The number of aromatic nitrogens is 1. The van der Waals surface area contributed by atoms with Crippen LogP contribution in [0.4, 0.5) is 0 Å². The minimum absolute atomic E-state index is 0.594. The molecule has 1 aliphatic rings. The van der Waals surface area contributed by atoms with E-state index in [9.17, 15) is 0 Å². The second-order valence-electron chi connectivity index (χ2n) is 6.20. The fourth-order valence-electron chi connectivity index (χ4n) is 4.06. The molecule has 2 aromatic heterocycles. The first kappa shape index (κ1) is 14.0. The molecule has 1 nitrogen and oxygen atoms in total. The Balaban J connectivity index is 2.04. The molecule has 0 N–H and O–H groups in total. The third-order valence-corrected chi connectivity index (χ3v) is 6.18. The van der Waals surface area contributed by atoms with Crippen molar-refractivity contribution in [2.24, 2.45) is 0 Å². The topological polar surface area (TPSA) is 3.88 Å². The largest absolute Gasteiger partial charge is 0.223 e. The zero-order valence-corrected chi connectivity index (χ0v) is 14.1. The van der Waals surface area contributed by atoms with E-state index in [0.29, 0.717) is 12.0 Å². The van der Waals surface area contributed by atoms with Gasteiger partial charge in [-0.05, 0) is 35.9 Å². The number of pyridine rings is 1. The smallest absolute Gasteiger partial charge is 0.194 e. The maximum absolute atomic E-state index is 2.54. The Labute approximate surface area is 136 Å². The van der Waals surface area contributed by atoms with Crippen molar-refractivity contribution >= 4 is 21.4 Å². The summed E-state index contributed by atoms with van der Waals surface area (Å²) in [6.45, 7) is 4.65. The van der Waals surface area contributed by atoms with Crippen molar-refractivity contribution in [1.29, 1.82) is 0 Å². The highest BCUT2D eigenvalue weighted by Gasteiger charge is 2.40. The van der Waals surface area contributed by atoms with Gasteiger partial charge >= 0.3 is 0 Å². The highest BCUT2D eigenvalue weighted by atomic mass is 32.1. The van der Waals surface area contributed by atoms with E-state index in [4.69, 9.17) is 0 Å². The fourth-order valence-corrected chi connectivity index (χ4v) is 5.36. The van der Waals surface area contributed by atoms with Crippen LogP contribution in [0.5, 0.6) is 0 Å². The lowest BCUT2D eigenvalue weighted by atomic mass is 9.81. The summed E-state index contributed by atoms with van der Waals surface area (Å²) in [5.41, 5.74) is 3.01. The van der Waals surface area contributed by atoms with E-state index < -0.39 is 0 Å². The molecule has 1 aromatic carbocycles. The molecule has 2 heteroatoms. The van der Waals surface area contributed by atoms with Gasteiger partial charge in [-0.15, -0.1) is 11.3 Å². The minimum Gasteiger partial charge on any atom is -0.194 e. The molecule has 0 aliphatic carbocycles. The summed E-state index contributed by atoms with van der Waals surface area (Å²) in [6, 6.07) is 16.2. The number of hydrogen-bond donors (Lipinski definition) is 0. The van der Waals surface area contributed by atoms with Gasteiger partial charge in [0.2, 0.25) is 5.69 Å². The van der Waals surface area contributed by atoms with E-state index in [0.717, 1.165) is 0 Å². The average molecular weight is 308 g/mol. The lowest BCUT2D eigenvalue weighted by molar-refractivity contribution is -0.718. The van der Waals surface area contributed by atoms with Gasteiger partial charge in [0, 0.05) is 29.2 Å². The van der Waals surface area contributed by atoms with Crippen LogP contribution in [0.15, 0.2) is 48.7 Å². The van der Waals surface area contributed by atoms with Crippen molar-refractivity contribution in [2.45, 2.75) is 45.1 Å². The van der Waals surface area contributed by atoms with Crippen LogP contribution in [-0.2, 0) is 0 Å². The maximum Gasteiger partial charge on any atom is 0.223 e. The van der Waals surface area contributed by atoms with Gasteiger partial charge in [0.05, 0.1) is 0 Å². The molecule has 2 unspecified atom stereocenters. The first-order valence-electron chi connectivity index (χ1n) is 8.37. The Kier molecular flexibility index (Phi) is 3.50. The van der Waals surface area contributed by atoms with Gasteiger partial charge in [0.1, 0.15) is 4.88 Å². The summed E-state index contributed by atoms with van der Waals surface area (Å²) in [5.74, 6) is 0.631. The summed E-state index contributed by atoms with van der Waals surface area (Å²) in [5, 5.41) is 1.48. The van der Waals surface area contributed by atoms with Crippen molar-refractivity contribution in [1.82, 2.24) is 0 Å². The normalized spacial score (nSPS) is 19.9. The van der Waals surface area contributed by atoms with E-state index >= 15 is 0 Å². The minimum atomic E-state index is 0.594. The zero-order valence-electron chi connectivity index (χ0n) is 13.3. The van der Waals surface area contributed by atoms with Gasteiger partial charge in [-0.25, -0.2) is 0 Å². The molecule has 0 saturated heterocycles. The van der Waals surface area contributed by atoms with Gasteiger partial charge in [0.25, 0.3) is 0 Å². The third kappa shape index (κ3) is 1.94. The third-order valence-electron chi connectivity index (χ3n) is 4.97. The van der Waals surface area contributed by atoms with Gasteiger partial charge in [0.15, 0.2) is 12.2 Å². The van der Waals surface area contributed by atoms with Crippen LogP contribution < -0.4 is 4.57 Å². The van der Waals surface area contributed by atoms with E-state index in [1.165, 1.54) is 39.9 Å². The first-order valence-corrected chi connectivity index (χ1v) is 9.18. The highest BCUT2D eigenvalue weighted by Crippen LogP contribution is 2.49. The van der Waals surface area contributed by atoms with E-state index in [1.54, 1.807) is 5.56 Å². The highest BCUT2D eigenvalue weighted by molar-refractivity contribution is 7.22. The maximum atomic E-state index is 2.54. The lowest BCUT2D eigenvalue weighted by Crippen LogP contribution is -2.46. The number of nitrogens with zero attached hydrogens (tertiary/aromatic N) is 1. The first-order chi connectivity index (χ1) is 10.8. The Bertz CT molecular complexity index is 817. The average Bonchev–Trinajstić information content (AvgIpc) is 2.95. The number of benzene rings is 1. The molecule has 3 heterocycles. The Morgan fingerprint density at radius 2 is 1.86 bits per heavy atom. The van der Waals surface area contributed by atoms with Crippen LogP contribution in [0.1, 0.15) is 50.6 Å². The summed E-state index contributed by atoms with van der Waals surface area (Å²) in [6.07, 6.45) is 5.98. The second-order valence-corrected chi connectivity index (χ2v) is 7.26. The molecule has 22 heavy (non-hydrogen) atoms. The molecule has 0 radical (unpaired) electrons. The molecule has 0 fully saturated rings. The van der Waals surface area contributed by atoms with Gasteiger partial charge < -0.3 is 0 Å². The van der Waals surface area contributed by atoms with Crippen LogP contribution in [0.25, 0.3) is 20.7 Å². The Morgan fingerprint density at radius 3 is 2.68 bits per heavy atom. The Morgan fingerprint density at radius 1 is 1.05 bits per heavy atom. The predicted octanol–water partition coefficient (Wildman–Crippen LogP) is 5.70. The molecule has 3 aromatic rings. The number of hydrogen-bond acceptors (Lipinski definition) is 1. The van der Waals surface area contributed by atoms with Crippen LogP contribution in [-0.4, -0.2) is 0 Å². The van der Waals surface area contributed by atoms with Crippen molar-refractivity contribution in [3.8, 4) is 10.6 Å². The lowest BCUT2D eigenvalue weighted by Gasteiger charge is -2.28. The molecule has 0 spiro atoms.